The van der Waals surface area contributed by atoms with Gasteiger partial charge in [-0.15, -0.1) is 0 Å². The van der Waals surface area contributed by atoms with Crippen molar-refractivity contribution in [2.75, 3.05) is 0 Å². The average Bonchev–Trinajstić information content (AvgIpc) is 2.75. The molecule has 0 fully saturated rings. The van der Waals surface area contributed by atoms with Crippen LogP contribution in [0.15, 0.2) is 42.5 Å². The molecule has 2 aromatic heterocycles. The molecule has 0 aliphatic rings. The van der Waals surface area contributed by atoms with E-state index in [1.165, 1.54) is 38.9 Å². The molecular formula is C30H37N4+. The molecule has 0 saturated heterocycles. The van der Waals surface area contributed by atoms with Gasteiger partial charge in [0.2, 0.25) is 11.2 Å². The van der Waals surface area contributed by atoms with Crippen LogP contribution in [-0.2, 0) is 19.9 Å². The van der Waals surface area contributed by atoms with Crippen LogP contribution >= 0.6 is 0 Å². The average molecular weight is 454 g/mol. The van der Waals surface area contributed by atoms with E-state index in [9.17, 15) is 0 Å². The highest BCUT2D eigenvalue weighted by Gasteiger charge is 2.18. The van der Waals surface area contributed by atoms with Crippen LogP contribution in [0.1, 0.15) is 56.0 Å². The second kappa shape index (κ2) is 9.61. The van der Waals surface area contributed by atoms with Gasteiger partial charge in [-0.25, -0.2) is 15.0 Å². The van der Waals surface area contributed by atoms with E-state index < -0.39 is 0 Å². The Morgan fingerprint density at radius 2 is 1.41 bits per heavy atom. The molecule has 0 N–H and O–H groups in total. The van der Waals surface area contributed by atoms with E-state index in [1.807, 2.05) is 0 Å². The van der Waals surface area contributed by atoms with Crippen molar-refractivity contribution in [3.8, 4) is 22.6 Å². The lowest BCUT2D eigenvalue weighted by molar-refractivity contribution is -0.633. The highest BCUT2D eigenvalue weighted by molar-refractivity contribution is 5.82. The Balaban J connectivity index is 1.80. The highest BCUT2D eigenvalue weighted by atomic mass is 15.0. The van der Waals surface area contributed by atoms with E-state index in [0.717, 1.165) is 35.9 Å². The summed E-state index contributed by atoms with van der Waals surface area (Å²) in [6, 6.07) is 15.5. The van der Waals surface area contributed by atoms with Gasteiger partial charge in [-0.05, 0) is 68.0 Å². The molecule has 2 aromatic carbocycles. The van der Waals surface area contributed by atoms with Crippen molar-refractivity contribution in [1.29, 1.82) is 0 Å². The van der Waals surface area contributed by atoms with Gasteiger partial charge in [0.05, 0.1) is 0 Å². The first-order valence-electron chi connectivity index (χ1n) is 12.4. The fourth-order valence-corrected chi connectivity index (χ4v) is 4.63. The Labute approximate surface area is 204 Å². The second-order valence-electron chi connectivity index (χ2n) is 10.5. The molecule has 0 saturated carbocycles. The molecule has 0 aliphatic carbocycles. The fraction of sp³-hybridized carbons (Fsp3) is 0.400. The van der Waals surface area contributed by atoms with Crippen LogP contribution in [-0.4, -0.2) is 15.0 Å². The third-order valence-electron chi connectivity index (χ3n) is 6.43. The number of benzene rings is 2. The first-order valence-corrected chi connectivity index (χ1v) is 12.4. The van der Waals surface area contributed by atoms with E-state index in [0.29, 0.717) is 11.8 Å². The number of rotatable bonds is 6. The van der Waals surface area contributed by atoms with Crippen LogP contribution in [0.3, 0.4) is 0 Å². The largest absolute Gasteiger partial charge is 0.218 e. The molecular weight excluding hydrogens is 416 g/mol. The summed E-state index contributed by atoms with van der Waals surface area (Å²) < 4.78 is 2.29. The molecule has 4 heteroatoms. The quantitative estimate of drug-likeness (QED) is 0.313. The van der Waals surface area contributed by atoms with Gasteiger partial charge in [0.1, 0.15) is 18.7 Å². The standard InChI is InChI=1S/C30H37N4/c1-18(2)13-28-31-29(14-19(3)4)33-30(32-28)24-10-11-26-23(17-24)9-12-27(34(26)8)25-16-20(5)15-21(6)22(25)7/h9-12,15-19H,13-14H2,1-8H3/q+1. The maximum Gasteiger partial charge on any atom is 0.213 e. The summed E-state index contributed by atoms with van der Waals surface area (Å²) in [6.45, 7) is 15.4. The molecule has 176 valence electrons. The van der Waals surface area contributed by atoms with Gasteiger partial charge in [-0.1, -0.05) is 39.3 Å². The van der Waals surface area contributed by atoms with Crippen molar-refractivity contribution < 1.29 is 4.57 Å². The SMILES string of the molecule is Cc1cc(C)c(C)c(-c2ccc3cc(-c4nc(CC(C)C)nc(CC(C)C)n4)ccc3[n+]2C)c1. The van der Waals surface area contributed by atoms with E-state index in [2.05, 4.69) is 103 Å². The molecule has 0 unspecified atom stereocenters. The minimum Gasteiger partial charge on any atom is -0.218 e. The van der Waals surface area contributed by atoms with Gasteiger partial charge >= 0.3 is 0 Å². The van der Waals surface area contributed by atoms with Crippen molar-refractivity contribution in [2.45, 2.75) is 61.3 Å². The fourth-order valence-electron chi connectivity index (χ4n) is 4.63. The van der Waals surface area contributed by atoms with Gasteiger partial charge in [0, 0.05) is 41.5 Å². The zero-order valence-corrected chi connectivity index (χ0v) is 21.9. The normalized spacial score (nSPS) is 11.7. The molecule has 4 nitrogen and oxygen atoms in total. The molecule has 34 heavy (non-hydrogen) atoms. The molecule has 4 aromatic rings. The van der Waals surface area contributed by atoms with E-state index >= 15 is 0 Å². The summed E-state index contributed by atoms with van der Waals surface area (Å²) in [6.07, 6.45) is 1.73. The van der Waals surface area contributed by atoms with Crippen LogP contribution in [0.2, 0.25) is 0 Å². The Morgan fingerprint density at radius 3 is 2.03 bits per heavy atom. The topological polar surface area (TPSA) is 42.6 Å². The molecule has 0 aliphatic heterocycles. The predicted octanol–water partition coefficient (Wildman–Crippen LogP) is 6.51. The number of hydrogen-bond acceptors (Lipinski definition) is 3. The van der Waals surface area contributed by atoms with Crippen LogP contribution in [0, 0.1) is 32.6 Å². The second-order valence-corrected chi connectivity index (χ2v) is 10.5. The first-order chi connectivity index (χ1) is 16.1. The zero-order chi connectivity index (χ0) is 24.6. The number of fused-ring (bicyclic) bond motifs is 1. The number of aryl methyl sites for hydroxylation is 3. The van der Waals surface area contributed by atoms with Gasteiger partial charge in [-0.2, -0.15) is 4.57 Å². The van der Waals surface area contributed by atoms with E-state index in [1.54, 1.807) is 0 Å². The summed E-state index contributed by atoms with van der Waals surface area (Å²) in [5.41, 5.74) is 8.70. The lowest BCUT2D eigenvalue weighted by Crippen LogP contribution is -2.32. The molecule has 0 atom stereocenters. The van der Waals surface area contributed by atoms with E-state index in [-0.39, 0.29) is 0 Å². The third-order valence-corrected chi connectivity index (χ3v) is 6.43. The van der Waals surface area contributed by atoms with Crippen LogP contribution in [0.4, 0.5) is 0 Å². The van der Waals surface area contributed by atoms with Gasteiger partial charge in [0.25, 0.3) is 0 Å². The van der Waals surface area contributed by atoms with Crippen LogP contribution < -0.4 is 4.57 Å². The Morgan fingerprint density at radius 1 is 0.765 bits per heavy atom. The monoisotopic (exact) mass is 453 g/mol. The summed E-state index contributed by atoms with van der Waals surface area (Å²) >= 11 is 0. The van der Waals surface area contributed by atoms with Crippen molar-refractivity contribution in [3.05, 3.63) is 70.8 Å². The minimum absolute atomic E-state index is 0.505. The first kappa shape index (κ1) is 24.0. The Hall–Kier alpha value is -3.14. The van der Waals surface area contributed by atoms with Crippen LogP contribution in [0.25, 0.3) is 33.5 Å². The molecule has 0 amide bonds. The summed E-state index contributed by atoms with van der Waals surface area (Å²) in [5, 5.41) is 1.18. The lowest BCUT2D eigenvalue weighted by Gasteiger charge is -2.12. The lowest BCUT2D eigenvalue weighted by atomic mass is 9.96. The smallest absolute Gasteiger partial charge is 0.213 e. The van der Waals surface area contributed by atoms with Crippen molar-refractivity contribution >= 4 is 10.9 Å². The number of nitrogens with zero attached hydrogens (tertiary/aromatic N) is 4. The summed E-state index contributed by atoms with van der Waals surface area (Å²) in [4.78, 5) is 14.5. The summed E-state index contributed by atoms with van der Waals surface area (Å²) in [5.74, 6) is 3.57. The number of aromatic nitrogens is 4. The maximum atomic E-state index is 4.85. The van der Waals surface area contributed by atoms with Crippen molar-refractivity contribution in [3.63, 3.8) is 0 Å². The Kier molecular flexibility index (Phi) is 6.79. The van der Waals surface area contributed by atoms with Crippen molar-refractivity contribution in [2.24, 2.45) is 18.9 Å². The third kappa shape index (κ3) is 5.01. The molecule has 0 radical (unpaired) electrons. The minimum atomic E-state index is 0.505. The van der Waals surface area contributed by atoms with E-state index in [4.69, 9.17) is 15.0 Å². The zero-order valence-electron chi connectivity index (χ0n) is 21.9. The van der Waals surface area contributed by atoms with Gasteiger partial charge < -0.3 is 0 Å². The summed E-state index contributed by atoms with van der Waals surface area (Å²) in [7, 11) is 2.15. The molecule has 0 spiro atoms. The maximum absolute atomic E-state index is 4.85. The molecule has 4 rings (SSSR count). The van der Waals surface area contributed by atoms with Crippen molar-refractivity contribution in [1.82, 2.24) is 15.0 Å². The Bertz CT molecular complexity index is 1320. The highest BCUT2D eigenvalue weighted by Crippen LogP contribution is 2.28. The number of hydrogen-bond donors (Lipinski definition) is 0. The molecule has 0 bridgehead atoms. The van der Waals surface area contributed by atoms with Crippen LogP contribution in [0.5, 0.6) is 0 Å². The van der Waals surface area contributed by atoms with Gasteiger partial charge in [-0.3, -0.25) is 0 Å². The number of pyridine rings is 1. The molecule has 2 heterocycles. The van der Waals surface area contributed by atoms with Gasteiger partial charge in [0.15, 0.2) is 5.82 Å². The predicted molar refractivity (Wildman–Crippen MR) is 141 cm³/mol.